The molecule has 2 saturated heterocycles. The minimum atomic E-state index is 0.145. The second-order valence-electron chi connectivity index (χ2n) is 6.08. The molecular weight excluding hydrogens is 238 g/mol. The number of hydrogen-bond acceptors (Lipinski definition) is 3. The van der Waals surface area contributed by atoms with E-state index in [9.17, 15) is 4.79 Å². The summed E-state index contributed by atoms with van der Waals surface area (Å²) in [6, 6.07) is 0. The molecule has 0 aliphatic carbocycles. The van der Waals surface area contributed by atoms with E-state index in [2.05, 4.69) is 15.1 Å². The Morgan fingerprint density at radius 3 is 2.37 bits per heavy atom. The number of rotatable bonds is 5. The minimum Gasteiger partial charge on any atom is -0.358 e. The van der Waals surface area contributed by atoms with Gasteiger partial charge in [-0.05, 0) is 70.7 Å². The average Bonchev–Trinajstić information content (AvgIpc) is 2.47. The highest BCUT2D eigenvalue weighted by molar-refractivity contribution is 5.77. The minimum absolute atomic E-state index is 0.145. The van der Waals surface area contributed by atoms with Crippen molar-refractivity contribution in [1.29, 1.82) is 0 Å². The first kappa shape index (κ1) is 14.8. The molecule has 4 heteroatoms. The van der Waals surface area contributed by atoms with Crippen molar-refractivity contribution in [2.45, 2.75) is 38.5 Å². The molecule has 110 valence electrons. The summed E-state index contributed by atoms with van der Waals surface area (Å²) in [6.45, 7) is 6.69. The number of likely N-dealkylation sites (tertiary alicyclic amines) is 2. The molecule has 0 bridgehead atoms. The van der Waals surface area contributed by atoms with Crippen molar-refractivity contribution in [2.75, 3.05) is 46.3 Å². The van der Waals surface area contributed by atoms with Gasteiger partial charge in [0.15, 0.2) is 0 Å². The van der Waals surface area contributed by atoms with Crippen LogP contribution in [0.1, 0.15) is 38.5 Å². The van der Waals surface area contributed by atoms with Gasteiger partial charge < -0.3 is 10.2 Å². The standard InChI is InChI=1S/C15H29N3O/c1-16-15(19)13-18-11-6-14(7-12-18)5-10-17-8-3-2-4-9-17/h14H,2-13H2,1H3,(H,16,19). The van der Waals surface area contributed by atoms with Gasteiger partial charge in [-0.15, -0.1) is 0 Å². The van der Waals surface area contributed by atoms with Crippen LogP contribution in [0.4, 0.5) is 0 Å². The van der Waals surface area contributed by atoms with Gasteiger partial charge in [0.25, 0.3) is 0 Å². The monoisotopic (exact) mass is 267 g/mol. The van der Waals surface area contributed by atoms with E-state index in [1.54, 1.807) is 7.05 Å². The Morgan fingerprint density at radius 2 is 1.74 bits per heavy atom. The summed E-state index contributed by atoms with van der Waals surface area (Å²) in [5.41, 5.74) is 0. The number of hydrogen-bond donors (Lipinski definition) is 1. The van der Waals surface area contributed by atoms with E-state index in [4.69, 9.17) is 0 Å². The molecule has 1 amide bonds. The zero-order valence-electron chi connectivity index (χ0n) is 12.4. The van der Waals surface area contributed by atoms with E-state index in [1.807, 2.05) is 0 Å². The van der Waals surface area contributed by atoms with Crippen LogP contribution in [0.2, 0.25) is 0 Å². The first-order chi connectivity index (χ1) is 9.28. The molecule has 4 nitrogen and oxygen atoms in total. The van der Waals surface area contributed by atoms with Gasteiger partial charge >= 0.3 is 0 Å². The number of likely N-dealkylation sites (N-methyl/N-ethyl adjacent to an activating group) is 1. The number of piperidine rings is 2. The van der Waals surface area contributed by atoms with Crippen LogP contribution in [0.5, 0.6) is 0 Å². The molecule has 0 atom stereocenters. The quantitative estimate of drug-likeness (QED) is 0.816. The smallest absolute Gasteiger partial charge is 0.233 e. The van der Waals surface area contributed by atoms with Gasteiger partial charge in [0.2, 0.25) is 5.91 Å². The van der Waals surface area contributed by atoms with Crippen molar-refractivity contribution in [3.8, 4) is 0 Å². The second kappa shape index (κ2) is 7.85. The van der Waals surface area contributed by atoms with Gasteiger partial charge in [-0.1, -0.05) is 6.42 Å². The molecular formula is C15H29N3O. The van der Waals surface area contributed by atoms with Gasteiger partial charge in [0.05, 0.1) is 6.54 Å². The van der Waals surface area contributed by atoms with Gasteiger partial charge in [0, 0.05) is 7.05 Å². The topological polar surface area (TPSA) is 35.6 Å². The normalized spacial score (nSPS) is 23.4. The Kier molecular flexibility index (Phi) is 6.11. The van der Waals surface area contributed by atoms with E-state index in [0.717, 1.165) is 19.0 Å². The molecule has 0 aromatic rings. The first-order valence-corrected chi connectivity index (χ1v) is 7.93. The largest absolute Gasteiger partial charge is 0.358 e. The zero-order valence-corrected chi connectivity index (χ0v) is 12.4. The Morgan fingerprint density at radius 1 is 1.05 bits per heavy atom. The van der Waals surface area contributed by atoms with Gasteiger partial charge in [-0.3, -0.25) is 9.69 Å². The highest BCUT2D eigenvalue weighted by atomic mass is 16.1. The second-order valence-corrected chi connectivity index (χ2v) is 6.08. The molecule has 0 saturated carbocycles. The molecule has 0 aromatic carbocycles. The maximum atomic E-state index is 11.3. The molecule has 2 aliphatic heterocycles. The molecule has 2 heterocycles. The highest BCUT2D eigenvalue weighted by Gasteiger charge is 2.21. The average molecular weight is 267 g/mol. The predicted molar refractivity (Wildman–Crippen MR) is 78.1 cm³/mol. The maximum Gasteiger partial charge on any atom is 0.233 e. The first-order valence-electron chi connectivity index (χ1n) is 7.93. The third kappa shape index (κ3) is 5.11. The van der Waals surface area contributed by atoms with Crippen LogP contribution in [0, 0.1) is 5.92 Å². The third-order valence-corrected chi connectivity index (χ3v) is 4.66. The van der Waals surface area contributed by atoms with E-state index < -0.39 is 0 Å². The zero-order chi connectivity index (χ0) is 13.5. The van der Waals surface area contributed by atoms with Crippen LogP contribution in [-0.4, -0.2) is 62.0 Å². The molecule has 0 unspecified atom stereocenters. The molecule has 2 rings (SSSR count). The molecule has 1 N–H and O–H groups in total. The molecule has 0 radical (unpaired) electrons. The molecule has 0 spiro atoms. The molecule has 19 heavy (non-hydrogen) atoms. The summed E-state index contributed by atoms with van der Waals surface area (Å²) in [7, 11) is 1.72. The Bertz CT molecular complexity index is 269. The van der Waals surface area contributed by atoms with Crippen LogP contribution in [0.25, 0.3) is 0 Å². The molecule has 2 fully saturated rings. The van der Waals surface area contributed by atoms with Gasteiger partial charge in [0.1, 0.15) is 0 Å². The lowest BCUT2D eigenvalue weighted by molar-refractivity contribution is -0.122. The van der Waals surface area contributed by atoms with Crippen LogP contribution < -0.4 is 5.32 Å². The number of nitrogens with one attached hydrogen (secondary N) is 1. The van der Waals surface area contributed by atoms with Crippen molar-refractivity contribution in [3.63, 3.8) is 0 Å². The maximum absolute atomic E-state index is 11.3. The van der Waals surface area contributed by atoms with Crippen LogP contribution in [0.3, 0.4) is 0 Å². The van der Waals surface area contributed by atoms with E-state index in [-0.39, 0.29) is 5.91 Å². The molecule has 0 aromatic heterocycles. The number of amides is 1. The van der Waals surface area contributed by atoms with E-state index >= 15 is 0 Å². The van der Waals surface area contributed by atoms with Gasteiger partial charge in [-0.25, -0.2) is 0 Å². The lowest BCUT2D eigenvalue weighted by Gasteiger charge is -2.33. The third-order valence-electron chi connectivity index (χ3n) is 4.66. The van der Waals surface area contributed by atoms with Crippen molar-refractivity contribution in [3.05, 3.63) is 0 Å². The van der Waals surface area contributed by atoms with Crippen molar-refractivity contribution >= 4 is 5.91 Å². The fourth-order valence-electron chi connectivity index (χ4n) is 3.26. The summed E-state index contributed by atoms with van der Waals surface area (Å²) in [5, 5.41) is 2.70. The summed E-state index contributed by atoms with van der Waals surface area (Å²) in [5.74, 6) is 1.02. The van der Waals surface area contributed by atoms with Crippen LogP contribution in [-0.2, 0) is 4.79 Å². The fourth-order valence-corrected chi connectivity index (χ4v) is 3.26. The van der Waals surface area contributed by atoms with Gasteiger partial charge in [-0.2, -0.15) is 0 Å². The Hall–Kier alpha value is -0.610. The Labute approximate surface area is 117 Å². The summed E-state index contributed by atoms with van der Waals surface area (Å²) in [6.07, 6.45) is 8.10. The Balaban J connectivity index is 1.59. The SMILES string of the molecule is CNC(=O)CN1CCC(CCN2CCCCC2)CC1. The van der Waals surface area contributed by atoms with E-state index in [0.29, 0.717) is 6.54 Å². The summed E-state index contributed by atoms with van der Waals surface area (Å²) < 4.78 is 0. The highest BCUT2D eigenvalue weighted by Crippen LogP contribution is 2.21. The fraction of sp³-hybridized carbons (Fsp3) is 0.933. The number of nitrogens with zero attached hydrogens (tertiary/aromatic N) is 2. The van der Waals surface area contributed by atoms with Crippen LogP contribution in [0.15, 0.2) is 0 Å². The summed E-state index contributed by atoms with van der Waals surface area (Å²) >= 11 is 0. The van der Waals surface area contributed by atoms with Crippen molar-refractivity contribution in [2.24, 2.45) is 5.92 Å². The van der Waals surface area contributed by atoms with E-state index in [1.165, 1.54) is 58.2 Å². The van der Waals surface area contributed by atoms with Crippen LogP contribution >= 0.6 is 0 Å². The lowest BCUT2D eigenvalue weighted by atomic mass is 9.93. The predicted octanol–water partition coefficient (Wildman–Crippen LogP) is 1.32. The van der Waals surface area contributed by atoms with Crippen molar-refractivity contribution in [1.82, 2.24) is 15.1 Å². The van der Waals surface area contributed by atoms with Crippen molar-refractivity contribution < 1.29 is 4.79 Å². The lowest BCUT2D eigenvalue weighted by Crippen LogP contribution is -2.41. The summed E-state index contributed by atoms with van der Waals surface area (Å²) in [4.78, 5) is 16.3. The number of carbonyl (C=O) groups excluding carboxylic acids is 1. The number of carbonyl (C=O) groups is 1. The molecule has 2 aliphatic rings.